The van der Waals surface area contributed by atoms with Gasteiger partial charge in [-0.15, -0.1) is 0 Å². The van der Waals surface area contributed by atoms with E-state index in [9.17, 15) is 4.79 Å². The van der Waals surface area contributed by atoms with E-state index >= 15 is 0 Å². The molecule has 0 spiro atoms. The van der Waals surface area contributed by atoms with E-state index in [1.807, 2.05) is 18.2 Å². The number of likely N-dealkylation sites (N-methyl/N-ethyl adjacent to an activating group) is 1. The van der Waals surface area contributed by atoms with Crippen molar-refractivity contribution in [3.63, 3.8) is 0 Å². The van der Waals surface area contributed by atoms with Crippen molar-refractivity contribution < 1.29 is 37.7 Å². The maximum Gasteiger partial charge on any atom is 0.231 e. The molecule has 178 valence electrons. The Labute approximate surface area is 194 Å². The van der Waals surface area contributed by atoms with Gasteiger partial charge in [0.25, 0.3) is 0 Å². The first-order valence-corrected chi connectivity index (χ1v) is 11.0. The van der Waals surface area contributed by atoms with E-state index in [1.165, 1.54) is 0 Å². The SMILES string of the molecule is COc1cc(CC(=O)CC2c3c(cc4c(c3OC)OCO4)CC[N+]2(C)C)cc(OC)c1OC. The van der Waals surface area contributed by atoms with E-state index in [1.54, 1.807) is 28.4 Å². The molecule has 2 heterocycles. The molecule has 1 atom stereocenters. The van der Waals surface area contributed by atoms with E-state index in [4.69, 9.17) is 28.4 Å². The quantitative estimate of drug-likeness (QED) is 0.562. The highest BCUT2D eigenvalue weighted by Crippen LogP contribution is 2.51. The van der Waals surface area contributed by atoms with Gasteiger partial charge in [0.1, 0.15) is 11.8 Å². The molecule has 0 aromatic heterocycles. The second-order valence-corrected chi connectivity index (χ2v) is 8.94. The fourth-order valence-corrected chi connectivity index (χ4v) is 4.87. The number of carbonyl (C=O) groups excluding carboxylic acids is 1. The van der Waals surface area contributed by atoms with Crippen LogP contribution in [0.5, 0.6) is 34.5 Å². The van der Waals surface area contributed by atoms with Gasteiger partial charge in [0.05, 0.1) is 61.1 Å². The minimum atomic E-state index is -0.0623. The Morgan fingerprint density at radius 2 is 1.64 bits per heavy atom. The number of quaternary nitrogens is 1. The summed E-state index contributed by atoms with van der Waals surface area (Å²) in [6.45, 7) is 1.09. The number of ketones is 1. The summed E-state index contributed by atoms with van der Waals surface area (Å²) in [6, 6.07) is 5.63. The third-order valence-electron chi connectivity index (χ3n) is 6.63. The first-order valence-electron chi connectivity index (χ1n) is 11.0. The van der Waals surface area contributed by atoms with Gasteiger partial charge >= 0.3 is 0 Å². The van der Waals surface area contributed by atoms with Crippen molar-refractivity contribution in [3.8, 4) is 34.5 Å². The summed E-state index contributed by atoms with van der Waals surface area (Å²) in [5.74, 6) is 3.71. The van der Waals surface area contributed by atoms with Crippen LogP contribution in [0.1, 0.15) is 29.2 Å². The third-order valence-corrected chi connectivity index (χ3v) is 6.63. The summed E-state index contributed by atoms with van der Waals surface area (Å²) in [5, 5.41) is 0. The van der Waals surface area contributed by atoms with E-state index in [-0.39, 0.29) is 25.0 Å². The molecule has 33 heavy (non-hydrogen) atoms. The highest BCUT2D eigenvalue weighted by molar-refractivity contribution is 5.82. The lowest BCUT2D eigenvalue weighted by atomic mass is 9.86. The molecule has 2 aliphatic heterocycles. The molecule has 0 bridgehead atoms. The molecule has 0 N–H and O–H groups in total. The summed E-state index contributed by atoms with van der Waals surface area (Å²) in [7, 11) is 10.6. The van der Waals surface area contributed by atoms with Crippen LogP contribution in [0.3, 0.4) is 0 Å². The molecule has 1 unspecified atom stereocenters. The predicted molar refractivity (Wildman–Crippen MR) is 122 cm³/mol. The van der Waals surface area contributed by atoms with E-state index < -0.39 is 0 Å². The smallest absolute Gasteiger partial charge is 0.231 e. The minimum Gasteiger partial charge on any atom is -0.493 e. The molecule has 0 radical (unpaired) electrons. The van der Waals surface area contributed by atoms with Crippen LogP contribution in [0.4, 0.5) is 0 Å². The molecule has 8 nitrogen and oxygen atoms in total. The second kappa shape index (κ2) is 9.02. The Hall–Kier alpha value is -3.13. The number of carbonyl (C=O) groups is 1. The Bertz CT molecular complexity index is 1040. The molecule has 0 aliphatic carbocycles. The number of hydrogen-bond donors (Lipinski definition) is 0. The van der Waals surface area contributed by atoms with E-state index in [0.717, 1.165) is 29.7 Å². The molecule has 2 aliphatic rings. The van der Waals surface area contributed by atoms with Crippen molar-refractivity contribution in [1.29, 1.82) is 0 Å². The lowest BCUT2D eigenvalue weighted by Crippen LogP contribution is -2.48. The number of fused-ring (bicyclic) bond motifs is 2. The number of rotatable bonds is 8. The van der Waals surface area contributed by atoms with Gasteiger partial charge in [-0.2, -0.15) is 0 Å². The Kier molecular flexibility index (Phi) is 6.30. The maximum atomic E-state index is 13.3. The molecule has 0 saturated heterocycles. The lowest BCUT2D eigenvalue weighted by Gasteiger charge is -2.43. The van der Waals surface area contributed by atoms with Gasteiger partial charge in [-0.25, -0.2) is 0 Å². The van der Waals surface area contributed by atoms with Crippen molar-refractivity contribution in [2.45, 2.75) is 25.3 Å². The van der Waals surface area contributed by atoms with Gasteiger partial charge in [0, 0.05) is 12.8 Å². The largest absolute Gasteiger partial charge is 0.493 e. The number of ether oxygens (including phenoxy) is 6. The number of hydrogen-bond acceptors (Lipinski definition) is 7. The van der Waals surface area contributed by atoms with E-state index in [0.29, 0.717) is 45.4 Å². The first kappa shape index (κ1) is 23.0. The molecule has 0 saturated carbocycles. The van der Waals surface area contributed by atoms with Gasteiger partial charge in [-0.05, 0) is 29.3 Å². The molecule has 0 amide bonds. The summed E-state index contributed by atoms with van der Waals surface area (Å²) in [6.07, 6.45) is 1.51. The van der Waals surface area contributed by atoms with Crippen LogP contribution in [-0.2, 0) is 17.6 Å². The van der Waals surface area contributed by atoms with Crippen LogP contribution < -0.4 is 28.4 Å². The summed E-state index contributed by atoms with van der Waals surface area (Å²) < 4.78 is 34.1. The summed E-state index contributed by atoms with van der Waals surface area (Å²) in [5.41, 5.74) is 3.00. The fraction of sp³-hybridized carbons (Fsp3) is 0.480. The fourth-order valence-electron chi connectivity index (χ4n) is 4.87. The Balaban J connectivity index is 1.65. The highest BCUT2D eigenvalue weighted by Gasteiger charge is 2.42. The Morgan fingerprint density at radius 3 is 2.24 bits per heavy atom. The molecule has 8 heteroatoms. The zero-order valence-electron chi connectivity index (χ0n) is 20.1. The first-order chi connectivity index (χ1) is 15.8. The van der Waals surface area contributed by atoms with Gasteiger partial charge in [0.15, 0.2) is 23.0 Å². The molecule has 2 aromatic carbocycles. The number of nitrogens with zero attached hydrogens (tertiary/aromatic N) is 1. The average molecular weight is 459 g/mol. The van der Waals surface area contributed by atoms with Crippen LogP contribution in [0, 0.1) is 0 Å². The van der Waals surface area contributed by atoms with Crippen LogP contribution in [0.2, 0.25) is 0 Å². The average Bonchev–Trinajstić information content (AvgIpc) is 3.27. The van der Waals surface area contributed by atoms with Gasteiger partial charge in [0.2, 0.25) is 18.3 Å². The maximum absolute atomic E-state index is 13.3. The van der Waals surface area contributed by atoms with Crippen molar-refractivity contribution in [2.24, 2.45) is 0 Å². The molecular formula is C25H32NO7+. The van der Waals surface area contributed by atoms with Crippen molar-refractivity contribution in [3.05, 3.63) is 34.9 Å². The van der Waals surface area contributed by atoms with Crippen LogP contribution in [0.25, 0.3) is 0 Å². The third kappa shape index (κ3) is 4.15. The molecule has 0 fully saturated rings. The Morgan fingerprint density at radius 1 is 0.970 bits per heavy atom. The predicted octanol–water partition coefficient (Wildman–Crippen LogP) is 3.33. The number of Topliss-reactive ketones (excluding diaryl/α,β-unsaturated/α-hetero) is 1. The van der Waals surface area contributed by atoms with E-state index in [2.05, 4.69) is 14.1 Å². The topological polar surface area (TPSA) is 72.5 Å². The van der Waals surface area contributed by atoms with Crippen LogP contribution in [-0.4, -0.2) is 66.1 Å². The van der Waals surface area contributed by atoms with Crippen molar-refractivity contribution in [1.82, 2.24) is 0 Å². The van der Waals surface area contributed by atoms with Crippen molar-refractivity contribution >= 4 is 5.78 Å². The van der Waals surface area contributed by atoms with Crippen LogP contribution >= 0.6 is 0 Å². The number of benzene rings is 2. The zero-order chi connectivity index (χ0) is 23.8. The normalized spacial score (nSPS) is 17.8. The van der Waals surface area contributed by atoms with Gasteiger partial charge in [-0.3, -0.25) is 4.79 Å². The van der Waals surface area contributed by atoms with Crippen LogP contribution in [0.15, 0.2) is 18.2 Å². The monoisotopic (exact) mass is 458 g/mol. The summed E-state index contributed by atoms with van der Waals surface area (Å²) in [4.78, 5) is 13.3. The second-order valence-electron chi connectivity index (χ2n) is 8.94. The van der Waals surface area contributed by atoms with Gasteiger partial charge in [-0.1, -0.05) is 0 Å². The molecule has 4 rings (SSSR count). The standard InChI is InChI=1S/C25H32NO7/c1-26(2)8-7-16-12-21-24(33-14-32-21)25(31-6)22(16)18(26)13-17(27)9-15-10-19(28-3)23(30-5)20(11-15)29-4/h10-12,18H,7-9,13-14H2,1-6H3/q+1. The number of methoxy groups -OCH3 is 4. The lowest BCUT2D eigenvalue weighted by molar-refractivity contribution is -0.922. The zero-order valence-corrected chi connectivity index (χ0v) is 20.1. The van der Waals surface area contributed by atoms with Gasteiger partial charge < -0.3 is 32.9 Å². The molecular weight excluding hydrogens is 426 g/mol. The molecule has 2 aromatic rings. The highest BCUT2D eigenvalue weighted by atomic mass is 16.7. The summed E-state index contributed by atoms with van der Waals surface area (Å²) >= 11 is 0. The minimum absolute atomic E-state index is 0.0623. The van der Waals surface area contributed by atoms with Crippen molar-refractivity contribution in [2.75, 3.05) is 55.9 Å².